The first kappa shape index (κ1) is 17.0. The maximum absolute atomic E-state index is 12.1. The summed E-state index contributed by atoms with van der Waals surface area (Å²) in [5.74, 6) is -1.44. The largest absolute Gasteiger partial charge is 0.489 e. The molecule has 0 spiro atoms. The van der Waals surface area contributed by atoms with E-state index in [4.69, 9.17) is 9.47 Å². The lowest BCUT2D eigenvalue weighted by atomic mass is 9.99. The van der Waals surface area contributed by atoms with E-state index in [0.29, 0.717) is 12.4 Å². The fraction of sp³-hybridized carbons (Fsp3) is 0.300. The van der Waals surface area contributed by atoms with Crippen LogP contribution in [0.2, 0.25) is 0 Å². The van der Waals surface area contributed by atoms with Crippen LogP contribution in [0.1, 0.15) is 30.4 Å². The Morgan fingerprint density at radius 1 is 1.12 bits per heavy atom. The molecule has 0 saturated heterocycles. The second-order valence-corrected chi connectivity index (χ2v) is 6.10. The number of benzene rings is 2. The predicted octanol–water partition coefficient (Wildman–Crippen LogP) is 3.39. The molecular weight excluding hydrogens is 320 g/mol. The lowest BCUT2D eigenvalue weighted by molar-refractivity contribution is -0.161. The highest BCUT2D eigenvalue weighted by Gasteiger charge is 2.68. The minimum Gasteiger partial charge on any atom is -0.489 e. The molecule has 2 unspecified atom stereocenters. The van der Waals surface area contributed by atoms with Crippen LogP contribution in [-0.4, -0.2) is 23.7 Å². The monoisotopic (exact) mass is 340 g/mol. The van der Waals surface area contributed by atoms with Gasteiger partial charge < -0.3 is 14.6 Å². The number of carboxylic acid groups (broad SMARTS) is 1. The Morgan fingerprint density at radius 3 is 2.40 bits per heavy atom. The predicted molar refractivity (Wildman–Crippen MR) is 91.3 cm³/mol. The molecule has 1 aliphatic rings. The first-order chi connectivity index (χ1) is 12.1. The van der Waals surface area contributed by atoms with Crippen molar-refractivity contribution >= 4 is 11.9 Å². The van der Waals surface area contributed by atoms with Gasteiger partial charge in [-0.1, -0.05) is 42.5 Å². The molecule has 0 aromatic heterocycles. The van der Waals surface area contributed by atoms with Crippen molar-refractivity contribution in [3.8, 4) is 5.75 Å². The van der Waals surface area contributed by atoms with E-state index >= 15 is 0 Å². The van der Waals surface area contributed by atoms with Crippen LogP contribution >= 0.6 is 0 Å². The molecule has 5 heteroatoms. The van der Waals surface area contributed by atoms with Crippen molar-refractivity contribution in [1.82, 2.24) is 0 Å². The van der Waals surface area contributed by atoms with Gasteiger partial charge in [0.05, 0.1) is 6.61 Å². The zero-order valence-corrected chi connectivity index (χ0v) is 14.0. The maximum Gasteiger partial charge on any atom is 0.324 e. The summed E-state index contributed by atoms with van der Waals surface area (Å²) in [4.78, 5) is 23.6. The summed E-state index contributed by atoms with van der Waals surface area (Å²) in [6.07, 6.45) is 0.269. The van der Waals surface area contributed by atoms with Crippen LogP contribution in [0.5, 0.6) is 5.75 Å². The molecule has 0 bridgehead atoms. The van der Waals surface area contributed by atoms with Gasteiger partial charge in [0.25, 0.3) is 0 Å². The second kappa shape index (κ2) is 6.97. The standard InChI is InChI=1S/C20H20O5/c1-2-24-19(23)20(18(21)22)12-17(20)15-8-10-16(11-9-15)25-13-14-6-4-3-5-7-14/h3-11,17H,2,12-13H2,1H3,(H,21,22). The number of carbonyl (C=O) groups excluding carboxylic acids is 1. The number of esters is 1. The Kier molecular flexibility index (Phi) is 4.74. The lowest BCUT2D eigenvalue weighted by Crippen LogP contribution is -2.29. The van der Waals surface area contributed by atoms with Gasteiger partial charge in [-0.15, -0.1) is 0 Å². The van der Waals surface area contributed by atoms with Crippen molar-refractivity contribution in [3.05, 3.63) is 65.7 Å². The van der Waals surface area contributed by atoms with Crippen molar-refractivity contribution in [2.24, 2.45) is 5.41 Å². The van der Waals surface area contributed by atoms with E-state index in [0.717, 1.165) is 11.1 Å². The van der Waals surface area contributed by atoms with Gasteiger partial charge in [0.15, 0.2) is 5.41 Å². The topological polar surface area (TPSA) is 72.8 Å². The van der Waals surface area contributed by atoms with E-state index in [1.54, 1.807) is 19.1 Å². The molecular formula is C20H20O5. The van der Waals surface area contributed by atoms with Gasteiger partial charge >= 0.3 is 11.9 Å². The van der Waals surface area contributed by atoms with Crippen molar-refractivity contribution in [2.45, 2.75) is 25.9 Å². The molecule has 25 heavy (non-hydrogen) atoms. The summed E-state index contributed by atoms with van der Waals surface area (Å²) in [5.41, 5.74) is 0.436. The second-order valence-electron chi connectivity index (χ2n) is 6.10. The summed E-state index contributed by atoms with van der Waals surface area (Å²) in [5, 5.41) is 9.47. The summed E-state index contributed by atoms with van der Waals surface area (Å²) in [6.45, 7) is 2.31. The van der Waals surface area contributed by atoms with Gasteiger partial charge in [-0.05, 0) is 36.6 Å². The van der Waals surface area contributed by atoms with Crippen molar-refractivity contribution in [3.63, 3.8) is 0 Å². The van der Waals surface area contributed by atoms with Crippen LogP contribution in [0.15, 0.2) is 54.6 Å². The Labute approximate surface area is 146 Å². The minimum atomic E-state index is -1.44. The third-order valence-electron chi connectivity index (χ3n) is 4.51. The van der Waals surface area contributed by atoms with Gasteiger partial charge in [0.1, 0.15) is 12.4 Å². The Bertz CT molecular complexity index is 753. The molecule has 2 aromatic carbocycles. The highest BCUT2D eigenvalue weighted by atomic mass is 16.5. The Balaban J connectivity index is 1.66. The highest BCUT2D eigenvalue weighted by Crippen LogP contribution is 2.60. The minimum absolute atomic E-state index is 0.173. The fourth-order valence-electron chi connectivity index (χ4n) is 3.01. The fourth-order valence-corrected chi connectivity index (χ4v) is 3.01. The number of rotatable bonds is 7. The summed E-state index contributed by atoms with van der Waals surface area (Å²) >= 11 is 0. The smallest absolute Gasteiger partial charge is 0.324 e. The molecule has 0 radical (unpaired) electrons. The molecule has 1 N–H and O–H groups in total. The van der Waals surface area contributed by atoms with Crippen LogP contribution < -0.4 is 4.74 Å². The van der Waals surface area contributed by atoms with Crippen LogP contribution in [0.4, 0.5) is 0 Å². The zero-order valence-electron chi connectivity index (χ0n) is 14.0. The molecule has 3 rings (SSSR count). The molecule has 2 atom stereocenters. The number of hydrogen-bond acceptors (Lipinski definition) is 4. The van der Waals surface area contributed by atoms with E-state index in [9.17, 15) is 14.7 Å². The molecule has 5 nitrogen and oxygen atoms in total. The number of carbonyl (C=O) groups is 2. The average Bonchev–Trinajstić information content (AvgIpc) is 3.39. The molecule has 0 amide bonds. The van der Waals surface area contributed by atoms with E-state index in [-0.39, 0.29) is 18.9 Å². The van der Waals surface area contributed by atoms with E-state index in [2.05, 4.69) is 0 Å². The number of aliphatic carboxylic acids is 1. The van der Waals surface area contributed by atoms with Crippen molar-refractivity contribution < 1.29 is 24.2 Å². The Hall–Kier alpha value is -2.82. The van der Waals surface area contributed by atoms with Crippen LogP contribution in [-0.2, 0) is 20.9 Å². The number of ether oxygens (including phenoxy) is 2. The molecule has 1 aliphatic carbocycles. The zero-order chi connectivity index (χ0) is 17.9. The van der Waals surface area contributed by atoms with Crippen LogP contribution in [0.25, 0.3) is 0 Å². The molecule has 0 heterocycles. The van der Waals surface area contributed by atoms with Crippen molar-refractivity contribution in [2.75, 3.05) is 6.61 Å². The van der Waals surface area contributed by atoms with E-state index < -0.39 is 17.4 Å². The maximum atomic E-state index is 12.1. The molecule has 0 aliphatic heterocycles. The molecule has 2 aromatic rings. The van der Waals surface area contributed by atoms with Crippen LogP contribution in [0, 0.1) is 5.41 Å². The third kappa shape index (κ3) is 3.36. The van der Waals surface area contributed by atoms with Gasteiger partial charge in [0.2, 0.25) is 0 Å². The quantitative estimate of drug-likeness (QED) is 0.618. The van der Waals surface area contributed by atoms with Crippen molar-refractivity contribution in [1.29, 1.82) is 0 Å². The normalized spacial score (nSPS) is 21.4. The molecule has 1 saturated carbocycles. The van der Waals surface area contributed by atoms with Gasteiger partial charge in [-0.2, -0.15) is 0 Å². The summed E-state index contributed by atoms with van der Waals surface area (Å²) in [6, 6.07) is 17.1. The highest BCUT2D eigenvalue weighted by molar-refractivity contribution is 6.04. The summed E-state index contributed by atoms with van der Waals surface area (Å²) < 4.78 is 10.7. The van der Waals surface area contributed by atoms with Crippen LogP contribution in [0.3, 0.4) is 0 Å². The van der Waals surface area contributed by atoms with Gasteiger partial charge in [-0.3, -0.25) is 9.59 Å². The SMILES string of the molecule is CCOC(=O)C1(C(=O)O)CC1c1ccc(OCc2ccccc2)cc1. The average molecular weight is 340 g/mol. The number of hydrogen-bond donors (Lipinski definition) is 1. The van der Waals surface area contributed by atoms with Gasteiger partial charge in [-0.25, -0.2) is 0 Å². The van der Waals surface area contributed by atoms with E-state index in [1.165, 1.54) is 0 Å². The first-order valence-corrected chi connectivity index (χ1v) is 8.25. The Morgan fingerprint density at radius 2 is 1.80 bits per heavy atom. The van der Waals surface area contributed by atoms with Gasteiger partial charge in [0, 0.05) is 5.92 Å². The molecule has 1 fully saturated rings. The lowest BCUT2D eigenvalue weighted by Gasteiger charge is -2.12. The summed E-state index contributed by atoms with van der Waals surface area (Å²) in [7, 11) is 0. The molecule has 130 valence electrons. The third-order valence-corrected chi connectivity index (χ3v) is 4.51. The first-order valence-electron chi connectivity index (χ1n) is 8.25. The van der Waals surface area contributed by atoms with E-state index in [1.807, 2.05) is 42.5 Å². The number of carboxylic acids is 1.